The standard InChI is InChI=1S/C47H26F6/c48-46(49,50)45(47(51,52)53,43-31-27-39(23-21-35-13-5-1-6-14-35)33-41(43)29-25-37-17-9-3-10-18-37)44-32-28-40(24-22-36-15-7-2-8-16-36)34-42(44)30-26-38-19-11-4-12-20-38/h1-20,27-28,31-34H. The maximum Gasteiger partial charge on any atom is 0.411 e. The molecule has 0 N–H and O–H groups in total. The molecule has 0 aliphatic rings. The van der Waals surface area contributed by atoms with Crippen molar-refractivity contribution < 1.29 is 26.3 Å². The summed E-state index contributed by atoms with van der Waals surface area (Å²) in [5.74, 6) is 22.3. The van der Waals surface area contributed by atoms with Crippen molar-refractivity contribution in [2.75, 3.05) is 0 Å². The van der Waals surface area contributed by atoms with Crippen LogP contribution in [0.4, 0.5) is 26.3 Å². The first-order valence-corrected chi connectivity index (χ1v) is 16.3. The van der Waals surface area contributed by atoms with Crippen LogP contribution >= 0.6 is 0 Å². The first-order chi connectivity index (χ1) is 25.5. The third-order valence-corrected chi connectivity index (χ3v) is 8.18. The van der Waals surface area contributed by atoms with E-state index in [2.05, 4.69) is 47.4 Å². The van der Waals surface area contributed by atoms with Crippen molar-refractivity contribution in [3.63, 3.8) is 0 Å². The van der Waals surface area contributed by atoms with Gasteiger partial charge in [-0.05, 0) is 83.9 Å². The van der Waals surface area contributed by atoms with Crippen molar-refractivity contribution in [1.82, 2.24) is 0 Å². The summed E-state index contributed by atoms with van der Waals surface area (Å²) >= 11 is 0. The van der Waals surface area contributed by atoms with Gasteiger partial charge in [-0.25, -0.2) is 0 Å². The zero-order chi connectivity index (χ0) is 37.3. The number of hydrogen-bond donors (Lipinski definition) is 0. The molecule has 0 nitrogen and oxygen atoms in total. The fourth-order valence-corrected chi connectivity index (χ4v) is 5.68. The van der Waals surface area contributed by atoms with Gasteiger partial charge in [-0.15, -0.1) is 0 Å². The molecule has 0 aromatic heterocycles. The fraction of sp³-hybridized carbons (Fsp3) is 0.0638. The molecule has 0 radical (unpaired) electrons. The molecule has 0 heterocycles. The van der Waals surface area contributed by atoms with Crippen LogP contribution in [0.5, 0.6) is 0 Å². The Morgan fingerprint density at radius 2 is 0.547 bits per heavy atom. The summed E-state index contributed by atoms with van der Waals surface area (Å²) in [7, 11) is 0. The summed E-state index contributed by atoms with van der Waals surface area (Å²) in [6, 6.07) is 40.5. The monoisotopic (exact) mass is 704 g/mol. The Bertz CT molecular complexity index is 2290. The topological polar surface area (TPSA) is 0 Å². The Hall–Kier alpha value is -6.86. The zero-order valence-electron chi connectivity index (χ0n) is 27.8. The smallest absolute Gasteiger partial charge is 0.169 e. The van der Waals surface area contributed by atoms with Crippen LogP contribution in [0.25, 0.3) is 0 Å². The first kappa shape index (κ1) is 35.9. The van der Waals surface area contributed by atoms with Crippen LogP contribution in [0.2, 0.25) is 0 Å². The van der Waals surface area contributed by atoms with Crippen LogP contribution < -0.4 is 0 Å². The normalized spacial score (nSPS) is 11.0. The van der Waals surface area contributed by atoms with E-state index >= 15 is 26.3 Å². The van der Waals surface area contributed by atoms with Crippen LogP contribution in [-0.4, -0.2) is 12.4 Å². The molecule has 0 spiro atoms. The Balaban J connectivity index is 1.64. The molecule has 6 heteroatoms. The van der Waals surface area contributed by atoms with E-state index in [1.165, 1.54) is 12.1 Å². The predicted molar refractivity (Wildman–Crippen MR) is 195 cm³/mol. The number of rotatable bonds is 2. The maximum absolute atomic E-state index is 15.8. The second-order valence-corrected chi connectivity index (χ2v) is 11.7. The van der Waals surface area contributed by atoms with E-state index in [1.54, 1.807) is 121 Å². The van der Waals surface area contributed by atoms with E-state index in [-0.39, 0.29) is 11.1 Å². The van der Waals surface area contributed by atoms with E-state index in [9.17, 15) is 0 Å². The number of halogens is 6. The second-order valence-electron chi connectivity index (χ2n) is 11.7. The van der Waals surface area contributed by atoms with Gasteiger partial charge < -0.3 is 0 Å². The molecule has 6 rings (SSSR count). The molecule has 0 saturated heterocycles. The van der Waals surface area contributed by atoms with Gasteiger partial charge in [0.2, 0.25) is 5.41 Å². The summed E-state index contributed by atoms with van der Waals surface area (Å²) < 4.78 is 94.8. The van der Waals surface area contributed by atoms with Crippen molar-refractivity contribution in [1.29, 1.82) is 0 Å². The molecule has 0 bridgehead atoms. The lowest BCUT2D eigenvalue weighted by Crippen LogP contribution is -2.55. The minimum absolute atomic E-state index is 0.184. The van der Waals surface area contributed by atoms with E-state index in [0.717, 1.165) is 24.3 Å². The SMILES string of the molecule is FC(F)(F)C(c1ccc(C#Cc2ccccc2)cc1C#Cc1ccccc1)(c1ccc(C#Cc2ccccc2)cc1C#Cc1ccccc1)C(F)(F)F. The molecule has 0 aliphatic carbocycles. The summed E-state index contributed by atoms with van der Waals surface area (Å²) in [6.07, 6.45) is -11.8. The Morgan fingerprint density at radius 1 is 0.283 bits per heavy atom. The maximum atomic E-state index is 15.8. The first-order valence-electron chi connectivity index (χ1n) is 16.3. The highest BCUT2D eigenvalue weighted by Gasteiger charge is 2.73. The number of hydrogen-bond acceptors (Lipinski definition) is 0. The summed E-state index contributed by atoms with van der Waals surface area (Å²) in [4.78, 5) is 0. The van der Waals surface area contributed by atoms with Crippen molar-refractivity contribution in [3.8, 4) is 47.4 Å². The van der Waals surface area contributed by atoms with Crippen molar-refractivity contribution in [2.45, 2.75) is 17.8 Å². The summed E-state index contributed by atoms with van der Waals surface area (Å²) in [5.41, 5.74) is -5.33. The van der Waals surface area contributed by atoms with Gasteiger partial charge in [0.05, 0.1) is 0 Å². The van der Waals surface area contributed by atoms with Gasteiger partial charge in [0.1, 0.15) is 0 Å². The fourth-order valence-electron chi connectivity index (χ4n) is 5.68. The van der Waals surface area contributed by atoms with Gasteiger partial charge in [-0.3, -0.25) is 0 Å². The zero-order valence-corrected chi connectivity index (χ0v) is 27.8. The van der Waals surface area contributed by atoms with Crippen molar-refractivity contribution in [2.24, 2.45) is 0 Å². The molecule has 0 fully saturated rings. The van der Waals surface area contributed by atoms with Crippen LogP contribution in [0.1, 0.15) is 55.6 Å². The molecule has 53 heavy (non-hydrogen) atoms. The second kappa shape index (κ2) is 15.6. The molecule has 0 saturated carbocycles. The van der Waals surface area contributed by atoms with Gasteiger partial charge in [-0.2, -0.15) is 26.3 Å². The van der Waals surface area contributed by atoms with Crippen LogP contribution in [0.3, 0.4) is 0 Å². The minimum atomic E-state index is -5.91. The Kier molecular flexibility index (Phi) is 10.6. The lowest BCUT2D eigenvalue weighted by atomic mass is 9.69. The molecular weight excluding hydrogens is 679 g/mol. The van der Waals surface area contributed by atoms with E-state index in [4.69, 9.17) is 0 Å². The average molecular weight is 705 g/mol. The third kappa shape index (κ3) is 8.21. The number of alkyl halides is 6. The quantitative estimate of drug-likeness (QED) is 0.124. The molecule has 0 amide bonds. The molecule has 256 valence electrons. The van der Waals surface area contributed by atoms with Gasteiger partial charge in [0.25, 0.3) is 0 Å². The van der Waals surface area contributed by atoms with Crippen LogP contribution in [-0.2, 0) is 5.41 Å². The largest absolute Gasteiger partial charge is 0.411 e. The summed E-state index contributed by atoms with van der Waals surface area (Å²) in [5, 5.41) is 0. The molecule has 0 unspecified atom stereocenters. The van der Waals surface area contributed by atoms with E-state index in [0.29, 0.717) is 22.3 Å². The van der Waals surface area contributed by atoms with E-state index < -0.39 is 40.0 Å². The van der Waals surface area contributed by atoms with Gasteiger partial charge in [0, 0.05) is 44.5 Å². The molecule has 0 aliphatic heterocycles. The lowest BCUT2D eigenvalue weighted by Gasteiger charge is -2.39. The lowest BCUT2D eigenvalue weighted by molar-refractivity contribution is -0.288. The summed E-state index contributed by atoms with van der Waals surface area (Å²) in [6.45, 7) is 0. The van der Waals surface area contributed by atoms with Crippen molar-refractivity contribution >= 4 is 0 Å². The molecule has 0 atom stereocenters. The van der Waals surface area contributed by atoms with Crippen LogP contribution in [0.15, 0.2) is 158 Å². The highest BCUT2D eigenvalue weighted by Crippen LogP contribution is 2.57. The predicted octanol–water partition coefficient (Wildman–Crippen LogP) is 10.7. The van der Waals surface area contributed by atoms with Gasteiger partial charge >= 0.3 is 12.4 Å². The van der Waals surface area contributed by atoms with Crippen LogP contribution in [0, 0.1) is 47.4 Å². The number of benzene rings is 6. The third-order valence-electron chi connectivity index (χ3n) is 8.18. The van der Waals surface area contributed by atoms with E-state index in [1.807, 2.05) is 0 Å². The molecule has 6 aromatic rings. The molecule has 6 aromatic carbocycles. The van der Waals surface area contributed by atoms with Gasteiger partial charge in [0.15, 0.2) is 0 Å². The Labute approximate surface area is 304 Å². The van der Waals surface area contributed by atoms with Crippen molar-refractivity contribution in [3.05, 3.63) is 213 Å². The highest BCUT2D eigenvalue weighted by atomic mass is 19.4. The average Bonchev–Trinajstić information content (AvgIpc) is 3.16. The Morgan fingerprint density at radius 3 is 0.830 bits per heavy atom. The molecular formula is C47H26F6. The highest BCUT2D eigenvalue weighted by molar-refractivity contribution is 5.63. The van der Waals surface area contributed by atoms with Gasteiger partial charge in [-0.1, -0.05) is 132 Å². The minimum Gasteiger partial charge on any atom is -0.169 e.